The Hall–Kier alpha value is -0.560. The molecule has 2 fully saturated rings. The summed E-state index contributed by atoms with van der Waals surface area (Å²) < 4.78 is 6.60. The molecule has 0 saturated heterocycles. The van der Waals surface area contributed by atoms with Gasteiger partial charge in [-0.1, -0.05) is 25.0 Å². The highest BCUT2D eigenvalue weighted by molar-refractivity contribution is 5.40. The number of hydrogen-bond acceptors (Lipinski definition) is 1. The van der Waals surface area contributed by atoms with Gasteiger partial charge in [0.1, 0.15) is 5.60 Å². The van der Waals surface area contributed by atoms with Crippen LogP contribution in [0.15, 0.2) is 23.8 Å². The van der Waals surface area contributed by atoms with Crippen molar-refractivity contribution in [3.05, 3.63) is 23.8 Å². The van der Waals surface area contributed by atoms with E-state index in [1.165, 1.54) is 51.4 Å². The first-order valence-electron chi connectivity index (χ1n) is 6.95. The summed E-state index contributed by atoms with van der Waals surface area (Å²) in [6, 6.07) is 0. The molecular formula is C15H20O. The molecule has 2 bridgehead atoms. The Morgan fingerprint density at radius 3 is 3.00 bits per heavy atom. The van der Waals surface area contributed by atoms with Gasteiger partial charge in [0.25, 0.3) is 0 Å². The van der Waals surface area contributed by atoms with Gasteiger partial charge in [0.15, 0.2) is 0 Å². The Labute approximate surface area is 97.6 Å². The molecule has 0 N–H and O–H groups in total. The maximum atomic E-state index is 6.60. The molecule has 2 aliphatic heterocycles. The summed E-state index contributed by atoms with van der Waals surface area (Å²) in [5.74, 6) is 0.682. The first-order chi connectivity index (χ1) is 7.83. The highest BCUT2D eigenvalue weighted by Crippen LogP contribution is 2.55. The smallest absolute Gasteiger partial charge is 0.109 e. The molecule has 2 aliphatic carbocycles. The van der Waals surface area contributed by atoms with Crippen molar-refractivity contribution in [1.29, 1.82) is 0 Å². The number of rotatable bonds is 0. The van der Waals surface area contributed by atoms with Gasteiger partial charge >= 0.3 is 0 Å². The topological polar surface area (TPSA) is 9.23 Å². The Morgan fingerprint density at radius 1 is 1.06 bits per heavy atom. The van der Waals surface area contributed by atoms with Crippen molar-refractivity contribution in [3.8, 4) is 0 Å². The lowest BCUT2D eigenvalue weighted by Gasteiger charge is -2.49. The van der Waals surface area contributed by atoms with Crippen LogP contribution in [0.4, 0.5) is 0 Å². The summed E-state index contributed by atoms with van der Waals surface area (Å²) in [4.78, 5) is 0. The monoisotopic (exact) mass is 216 g/mol. The van der Waals surface area contributed by atoms with Gasteiger partial charge in [0.05, 0.1) is 5.60 Å². The predicted octanol–water partition coefficient (Wildman–Crippen LogP) is 3.75. The van der Waals surface area contributed by atoms with E-state index in [1.807, 2.05) is 0 Å². The van der Waals surface area contributed by atoms with E-state index in [2.05, 4.69) is 18.2 Å². The molecule has 3 atom stereocenters. The van der Waals surface area contributed by atoms with Crippen LogP contribution in [0, 0.1) is 5.92 Å². The molecule has 0 radical (unpaired) electrons. The minimum absolute atomic E-state index is 0.0477. The second-order valence-electron chi connectivity index (χ2n) is 6.03. The molecule has 2 saturated carbocycles. The third kappa shape index (κ3) is 1.05. The van der Waals surface area contributed by atoms with E-state index in [0.717, 1.165) is 0 Å². The minimum Gasteiger partial charge on any atom is -0.355 e. The van der Waals surface area contributed by atoms with Crippen LogP contribution in [-0.4, -0.2) is 11.2 Å². The first kappa shape index (κ1) is 9.47. The quantitative estimate of drug-likeness (QED) is 0.560. The second-order valence-corrected chi connectivity index (χ2v) is 6.03. The van der Waals surface area contributed by atoms with Crippen molar-refractivity contribution in [2.45, 2.75) is 62.6 Å². The highest BCUT2D eigenvalue weighted by Gasteiger charge is 2.54. The van der Waals surface area contributed by atoms with Gasteiger partial charge in [0, 0.05) is 5.92 Å². The molecule has 0 aromatic heterocycles. The summed E-state index contributed by atoms with van der Waals surface area (Å²) in [7, 11) is 0. The zero-order valence-electron chi connectivity index (χ0n) is 9.87. The summed E-state index contributed by atoms with van der Waals surface area (Å²) >= 11 is 0. The van der Waals surface area contributed by atoms with Crippen molar-refractivity contribution in [2.24, 2.45) is 5.92 Å². The molecule has 1 heteroatoms. The zero-order valence-corrected chi connectivity index (χ0v) is 9.87. The van der Waals surface area contributed by atoms with Gasteiger partial charge in [-0.15, -0.1) is 0 Å². The Kier molecular flexibility index (Phi) is 1.78. The molecular weight excluding hydrogens is 196 g/mol. The predicted molar refractivity (Wildman–Crippen MR) is 64.2 cm³/mol. The highest BCUT2D eigenvalue weighted by atomic mass is 16.5. The third-order valence-corrected chi connectivity index (χ3v) is 5.16. The Morgan fingerprint density at radius 2 is 2.00 bits per heavy atom. The van der Waals surface area contributed by atoms with Crippen LogP contribution in [-0.2, 0) is 4.74 Å². The summed E-state index contributed by atoms with van der Waals surface area (Å²) in [6.45, 7) is 0. The number of ether oxygens (including phenoxy) is 1. The Balaban J connectivity index is 1.82. The molecule has 0 aromatic rings. The molecule has 16 heavy (non-hydrogen) atoms. The standard InChI is InChI=1S/C15H20O/c1-3-7-14-9-10-15(16-14)8-4-2-6-13(15)11-12(14)5-1/h9-12H,1-8H2/t12-,14-,15+/m1/s1. The molecule has 0 aromatic carbocycles. The molecule has 2 heterocycles. The van der Waals surface area contributed by atoms with Crippen molar-refractivity contribution >= 4 is 0 Å². The van der Waals surface area contributed by atoms with E-state index >= 15 is 0 Å². The van der Waals surface area contributed by atoms with E-state index in [-0.39, 0.29) is 11.2 Å². The molecule has 0 unspecified atom stereocenters. The average molecular weight is 216 g/mol. The third-order valence-electron chi connectivity index (χ3n) is 5.16. The van der Waals surface area contributed by atoms with Gasteiger partial charge in [-0.2, -0.15) is 0 Å². The fraction of sp³-hybridized carbons (Fsp3) is 0.733. The van der Waals surface area contributed by atoms with Crippen molar-refractivity contribution in [1.82, 2.24) is 0 Å². The maximum Gasteiger partial charge on any atom is 0.109 e. The number of hydrogen-bond donors (Lipinski definition) is 0. The van der Waals surface area contributed by atoms with Crippen LogP contribution in [0.1, 0.15) is 51.4 Å². The summed E-state index contributed by atoms with van der Waals surface area (Å²) in [6.07, 6.45) is 18.0. The first-order valence-corrected chi connectivity index (χ1v) is 6.95. The van der Waals surface area contributed by atoms with Gasteiger partial charge in [-0.3, -0.25) is 0 Å². The van der Waals surface area contributed by atoms with Crippen LogP contribution in [0.5, 0.6) is 0 Å². The van der Waals surface area contributed by atoms with E-state index in [0.29, 0.717) is 5.92 Å². The molecule has 4 rings (SSSR count). The summed E-state index contributed by atoms with van der Waals surface area (Å²) in [5.41, 5.74) is 1.76. The maximum absolute atomic E-state index is 6.60. The van der Waals surface area contributed by atoms with Crippen LogP contribution < -0.4 is 0 Å². The normalized spacial score (nSPS) is 49.5. The molecule has 4 aliphatic rings. The van der Waals surface area contributed by atoms with Gasteiger partial charge in [-0.25, -0.2) is 0 Å². The molecule has 2 spiro atoms. The van der Waals surface area contributed by atoms with E-state index in [1.54, 1.807) is 5.57 Å². The molecule has 0 amide bonds. The van der Waals surface area contributed by atoms with E-state index < -0.39 is 0 Å². The van der Waals surface area contributed by atoms with Crippen LogP contribution in [0.3, 0.4) is 0 Å². The molecule has 1 nitrogen and oxygen atoms in total. The summed E-state index contributed by atoms with van der Waals surface area (Å²) in [5, 5.41) is 0. The lowest BCUT2D eigenvalue weighted by atomic mass is 9.71. The average Bonchev–Trinajstić information content (AvgIpc) is 2.60. The van der Waals surface area contributed by atoms with Crippen LogP contribution in [0.25, 0.3) is 0 Å². The molecule has 86 valence electrons. The zero-order chi connectivity index (χ0) is 10.6. The fourth-order valence-corrected chi connectivity index (χ4v) is 4.29. The minimum atomic E-state index is 0.0477. The SMILES string of the molecule is C1=C[C@]23CCCC[C@@H]2C=C2CCCC[C@]12O3. The lowest BCUT2D eigenvalue weighted by Crippen LogP contribution is -2.49. The largest absolute Gasteiger partial charge is 0.355 e. The lowest BCUT2D eigenvalue weighted by molar-refractivity contribution is -0.126. The van der Waals surface area contributed by atoms with Crippen molar-refractivity contribution in [3.63, 3.8) is 0 Å². The second kappa shape index (κ2) is 3.01. The van der Waals surface area contributed by atoms with Gasteiger partial charge < -0.3 is 4.74 Å². The fourth-order valence-electron chi connectivity index (χ4n) is 4.29. The van der Waals surface area contributed by atoms with Crippen LogP contribution in [0.2, 0.25) is 0 Å². The van der Waals surface area contributed by atoms with Crippen LogP contribution >= 0.6 is 0 Å². The van der Waals surface area contributed by atoms with Gasteiger partial charge in [0.2, 0.25) is 0 Å². The van der Waals surface area contributed by atoms with E-state index in [4.69, 9.17) is 4.74 Å². The Bertz CT molecular complexity index is 381. The van der Waals surface area contributed by atoms with E-state index in [9.17, 15) is 0 Å². The van der Waals surface area contributed by atoms with Crippen molar-refractivity contribution in [2.75, 3.05) is 0 Å². The van der Waals surface area contributed by atoms with Gasteiger partial charge in [-0.05, 0) is 50.2 Å². The van der Waals surface area contributed by atoms with Crippen molar-refractivity contribution < 1.29 is 4.74 Å².